The number of rotatable bonds is 3. The van der Waals surface area contributed by atoms with Gasteiger partial charge < -0.3 is 10.2 Å². The van der Waals surface area contributed by atoms with Crippen LogP contribution in [0.3, 0.4) is 0 Å². The van der Waals surface area contributed by atoms with Crippen LogP contribution in [0.2, 0.25) is 0 Å². The Morgan fingerprint density at radius 1 is 1.47 bits per heavy atom. The predicted molar refractivity (Wildman–Crippen MR) is 70.9 cm³/mol. The van der Waals surface area contributed by atoms with E-state index in [4.69, 9.17) is 0 Å². The van der Waals surface area contributed by atoms with Crippen molar-refractivity contribution in [2.24, 2.45) is 0 Å². The number of anilines is 2. The second-order valence-corrected chi connectivity index (χ2v) is 4.41. The Labute approximate surface area is 111 Å². The highest BCUT2D eigenvalue weighted by Crippen LogP contribution is 2.20. The molecule has 2 heterocycles. The van der Waals surface area contributed by atoms with Crippen LogP contribution in [0.1, 0.15) is 19.0 Å². The van der Waals surface area contributed by atoms with E-state index in [1.807, 2.05) is 13.8 Å². The van der Waals surface area contributed by atoms with Crippen LogP contribution in [0.15, 0.2) is 6.07 Å². The van der Waals surface area contributed by atoms with Crippen molar-refractivity contribution in [2.75, 3.05) is 23.8 Å². The Balaban J connectivity index is 2.39. The summed E-state index contributed by atoms with van der Waals surface area (Å²) in [4.78, 5) is 33.6. The molecule has 7 nitrogen and oxygen atoms in total. The molecule has 0 bridgehead atoms. The summed E-state index contributed by atoms with van der Waals surface area (Å²) in [6.45, 7) is 3.88. The average molecular weight is 263 g/mol. The maximum absolute atomic E-state index is 11.8. The Kier molecular flexibility index (Phi) is 3.64. The van der Waals surface area contributed by atoms with Gasteiger partial charge in [0.1, 0.15) is 11.9 Å². The number of hydrogen-bond donors (Lipinski definition) is 2. The fraction of sp³-hybridized carbons (Fsp3) is 0.500. The first kappa shape index (κ1) is 13.3. The zero-order valence-corrected chi connectivity index (χ0v) is 11.2. The zero-order chi connectivity index (χ0) is 14.0. The van der Waals surface area contributed by atoms with Crippen molar-refractivity contribution < 1.29 is 9.59 Å². The van der Waals surface area contributed by atoms with Crippen LogP contribution in [0.4, 0.5) is 11.8 Å². The number of nitrogens with one attached hydrogen (secondary N) is 2. The molecule has 19 heavy (non-hydrogen) atoms. The van der Waals surface area contributed by atoms with E-state index in [0.717, 1.165) is 5.69 Å². The Morgan fingerprint density at radius 2 is 2.21 bits per heavy atom. The standard InChI is InChI=1S/C12H17N5O2/c1-4-8-11(19)16-10(18)6-17(8)9-5-7(2)14-12(13-3)15-9/h5,8H,4,6H2,1-3H3,(H,13,14,15)(H,16,18,19). The average Bonchev–Trinajstić information content (AvgIpc) is 2.37. The van der Waals surface area contributed by atoms with Crippen LogP contribution in [0.25, 0.3) is 0 Å². The summed E-state index contributed by atoms with van der Waals surface area (Å²) >= 11 is 0. The lowest BCUT2D eigenvalue weighted by atomic mass is 10.1. The van der Waals surface area contributed by atoms with E-state index >= 15 is 0 Å². The first-order chi connectivity index (χ1) is 9.05. The van der Waals surface area contributed by atoms with Crippen molar-refractivity contribution in [3.05, 3.63) is 11.8 Å². The van der Waals surface area contributed by atoms with Crippen LogP contribution < -0.4 is 15.5 Å². The van der Waals surface area contributed by atoms with Gasteiger partial charge in [-0.3, -0.25) is 14.9 Å². The first-order valence-electron chi connectivity index (χ1n) is 6.19. The van der Waals surface area contributed by atoms with Gasteiger partial charge >= 0.3 is 0 Å². The SMILES string of the molecule is CCC1C(=O)NC(=O)CN1c1cc(C)nc(NC)n1. The van der Waals surface area contributed by atoms with Crippen molar-refractivity contribution >= 4 is 23.6 Å². The number of aryl methyl sites for hydroxylation is 1. The molecule has 1 saturated heterocycles. The Morgan fingerprint density at radius 3 is 2.84 bits per heavy atom. The second kappa shape index (κ2) is 5.21. The Hall–Kier alpha value is -2.18. The molecule has 2 rings (SSSR count). The molecular formula is C12H17N5O2. The third-order valence-corrected chi connectivity index (χ3v) is 3.00. The van der Waals surface area contributed by atoms with Crippen LogP contribution >= 0.6 is 0 Å². The first-order valence-corrected chi connectivity index (χ1v) is 6.19. The van der Waals surface area contributed by atoms with E-state index in [9.17, 15) is 9.59 Å². The van der Waals surface area contributed by atoms with E-state index in [0.29, 0.717) is 18.2 Å². The van der Waals surface area contributed by atoms with Gasteiger partial charge in [-0.15, -0.1) is 0 Å². The lowest BCUT2D eigenvalue weighted by Gasteiger charge is -2.34. The molecule has 102 valence electrons. The van der Waals surface area contributed by atoms with Gasteiger partial charge in [-0.1, -0.05) is 6.92 Å². The third kappa shape index (κ3) is 2.64. The summed E-state index contributed by atoms with van der Waals surface area (Å²) in [5, 5.41) is 5.21. The quantitative estimate of drug-likeness (QED) is 0.750. The van der Waals surface area contributed by atoms with E-state index in [-0.39, 0.29) is 24.4 Å². The molecule has 0 aromatic carbocycles. The normalized spacial score (nSPS) is 19.3. The number of hydrogen-bond acceptors (Lipinski definition) is 6. The molecule has 7 heteroatoms. The van der Waals surface area contributed by atoms with Gasteiger partial charge in [0.2, 0.25) is 17.8 Å². The number of aromatic nitrogens is 2. The summed E-state index contributed by atoms with van der Waals surface area (Å²) in [5.41, 5.74) is 0.780. The molecule has 0 radical (unpaired) electrons. The number of nitrogens with zero attached hydrogens (tertiary/aromatic N) is 3. The summed E-state index contributed by atoms with van der Waals surface area (Å²) in [6, 6.07) is 1.40. The summed E-state index contributed by atoms with van der Waals surface area (Å²) < 4.78 is 0. The highest BCUT2D eigenvalue weighted by molar-refractivity contribution is 6.04. The lowest BCUT2D eigenvalue weighted by molar-refractivity contribution is -0.132. The third-order valence-electron chi connectivity index (χ3n) is 3.00. The molecule has 1 aromatic heterocycles. The van der Waals surface area contributed by atoms with Crippen molar-refractivity contribution in [1.29, 1.82) is 0 Å². The molecule has 2 N–H and O–H groups in total. The lowest BCUT2D eigenvalue weighted by Crippen LogP contribution is -2.58. The van der Waals surface area contributed by atoms with E-state index in [1.165, 1.54) is 0 Å². The number of imide groups is 1. The molecule has 1 aliphatic rings. The van der Waals surface area contributed by atoms with E-state index in [2.05, 4.69) is 20.6 Å². The highest BCUT2D eigenvalue weighted by Gasteiger charge is 2.33. The van der Waals surface area contributed by atoms with Gasteiger partial charge in [0.25, 0.3) is 0 Å². The van der Waals surface area contributed by atoms with Crippen molar-refractivity contribution in [1.82, 2.24) is 15.3 Å². The van der Waals surface area contributed by atoms with Gasteiger partial charge in [0.05, 0.1) is 6.54 Å². The number of carbonyl (C=O) groups is 2. The van der Waals surface area contributed by atoms with Crippen molar-refractivity contribution in [3.8, 4) is 0 Å². The molecule has 0 spiro atoms. The minimum Gasteiger partial charge on any atom is -0.357 e. The molecular weight excluding hydrogens is 246 g/mol. The molecule has 1 aromatic rings. The monoisotopic (exact) mass is 263 g/mol. The largest absolute Gasteiger partial charge is 0.357 e. The Bertz CT molecular complexity index is 517. The molecule has 1 aliphatic heterocycles. The minimum absolute atomic E-state index is 0.129. The predicted octanol–water partition coefficient (Wildman–Crippen LogP) is 0.0681. The number of amides is 2. The maximum Gasteiger partial charge on any atom is 0.249 e. The number of carbonyl (C=O) groups excluding carboxylic acids is 2. The smallest absolute Gasteiger partial charge is 0.249 e. The second-order valence-electron chi connectivity index (χ2n) is 4.41. The molecule has 1 atom stereocenters. The molecule has 1 fully saturated rings. The number of piperazine rings is 1. The fourth-order valence-electron chi connectivity index (χ4n) is 2.12. The van der Waals surface area contributed by atoms with Gasteiger partial charge in [0, 0.05) is 18.8 Å². The molecule has 0 aliphatic carbocycles. The van der Waals surface area contributed by atoms with Gasteiger partial charge in [-0.2, -0.15) is 4.98 Å². The molecule has 1 unspecified atom stereocenters. The minimum atomic E-state index is -0.378. The fourth-order valence-corrected chi connectivity index (χ4v) is 2.12. The van der Waals surface area contributed by atoms with Crippen LogP contribution in [0.5, 0.6) is 0 Å². The van der Waals surface area contributed by atoms with E-state index < -0.39 is 0 Å². The van der Waals surface area contributed by atoms with Crippen LogP contribution in [-0.4, -0.2) is 41.4 Å². The van der Waals surface area contributed by atoms with Gasteiger partial charge in [-0.25, -0.2) is 4.98 Å². The van der Waals surface area contributed by atoms with Crippen molar-refractivity contribution in [3.63, 3.8) is 0 Å². The topological polar surface area (TPSA) is 87.2 Å². The van der Waals surface area contributed by atoms with Crippen LogP contribution in [0, 0.1) is 6.92 Å². The van der Waals surface area contributed by atoms with Crippen LogP contribution in [-0.2, 0) is 9.59 Å². The summed E-state index contributed by atoms with van der Waals surface area (Å²) in [5.74, 6) is 0.480. The van der Waals surface area contributed by atoms with Gasteiger partial charge in [0.15, 0.2) is 0 Å². The maximum atomic E-state index is 11.8. The highest BCUT2D eigenvalue weighted by atomic mass is 16.2. The van der Waals surface area contributed by atoms with E-state index in [1.54, 1.807) is 18.0 Å². The summed E-state index contributed by atoms with van der Waals surface area (Å²) in [7, 11) is 1.73. The van der Waals surface area contributed by atoms with Gasteiger partial charge in [-0.05, 0) is 13.3 Å². The zero-order valence-electron chi connectivity index (χ0n) is 11.2. The summed E-state index contributed by atoms with van der Waals surface area (Å²) in [6.07, 6.45) is 0.608. The molecule has 2 amide bonds. The van der Waals surface area contributed by atoms with Crippen molar-refractivity contribution in [2.45, 2.75) is 26.3 Å². The molecule has 0 saturated carbocycles.